The van der Waals surface area contributed by atoms with Crippen molar-refractivity contribution in [2.75, 3.05) is 6.54 Å². The quantitative estimate of drug-likeness (QED) is 0.541. The molecule has 0 saturated heterocycles. The third kappa shape index (κ3) is 5.04. The summed E-state index contributed by atoms with van der Waals surface area (Å²) in [6.45, 7) is 1.47. The molecule has 2 aromatic carbocycles. The zero-order chi connectivity index (χ0) is 21.8. The Morgan fingerprint density at radius 1 is 1.17 bits per heavy atom. The highest BCUT2D eigenvalue weighted by Gasteiger charge is 2.26. The van der Waals surface area contributed by atoms with Crippen LogP contribution < -0.4 is 16.0 Å². The van der Waals surface area contributed by atoms with Gasteiger partial charge in [-0.25, -0.2) is 9.59 Å². The third-order valence-electron chi connectivity index (χ3n) is 4.92. The number of carboxylic acid groups (broad SMARTS) is 1. The van der Waals surface area contributed by atoms with Crippen LogP contribution in [0.2, 0.25) is 10.0 Å². The van der Waals surface area contributed by atoms with E-state index < -0.39 is 23.9 Å². The molecule has 0 saturated carbocycles. The lowest BCUT2D eigenvalue weighted by Crippen LogP contribution is -2.50. The number of fused-ring (bicyclic) bond motifs is 1. The summed E-state index contributed by atoms with van der Waals surface area (Å²) in [4.78, 5) is 36.3. The second-order valence-electron chi connectivity index (χ2n) is 7.11. The Kier molecular flexibility index (Phi) is 6.84. The first-order chi connectivity index (χ1) is 14.3. The zero-order valence-corrected chi connectivity index (χ0v) is 17.7. The number of carbonyl (C=O) groups is 3. The number of urea groups is 1. The normalized spacial score (nSPS) is 15.8. The van der Waals surface area contributed by atoms with Gasteiger partial charge >= 0.3 is 12.0 Å². The Morgan fingerprint density at radius 2 is 1.83 bits per heavy atom. The highest BCUT2D eigenvalue weighted by atomic mass is 35.5. The summed E-state index contributed by atoms with van der Waals surface area (Å²) in [5.41, 5.74) is 3.00. The summed E-state index contributed by atoms with van der Waals surface area (Å²) in [6.07, 6.45) is 1.64. The van der Waals surface area contributed by atoms with E-state index in [4.69, 9.17) is 23.2 Å². The predicted octanol–water partition coefficient (Wildman–Crippen LogP) is 3.47. The van der Waals surface area contributed by atoms with Crippen molar-refractivity contribution < 1.29 is 19.5 Å². The van der Waals surface area contributed by atoms with Crippen LogP contribution in [0, 0.1) is 6.92 Å². The second kappa shape index (κ2) is 9.36. The maximum Gasteiger partial charge on any atom is 0.328 e. The number of halogens is 2. The first-order valence-corrected chi connectivity index (χ1v) is 10.1. The Morgan fingerprint density at radius 3 is 2.50 bits per heavy atom. The summed E-state index contributed by atoms with van der Waals surface area (Å²) >= 11 is 12.2. The van der Waals surface area contributed by atoms with Crippen LogP contribution in [0.1, 0.15) is 39.5 Å². The van der Waals surface area contributed by atoms with Crippen molar-refractivity contribution in [3.63, 3.8) is 0 Å². The lowest BCUT2D eigenvalue weighted by atomic mass is 10.1. The highest BCUT2D eigenvalue weighted by molar-refractivity contribution is 6.39. The lowest BCUT2D eigenvalue weighted by Gasteiger charge is -2.19. The monoisotopic (exact) mass is 449 g/mol. The van der Waals surface area contributed by atoms with Gasteiger partial charge in [0, 0.05) is 0 Å². The van der Waals surface area contributed by atoms with Gasteiger partial charge in [0.15, 0.2) is 0 Å². The topological polar surface area (TPSA) is 108 Å². The van der Waals surface area contributed by atoms with Gasteiger partial charge in [0.05, 0.1) is 28.2 Å². The van der Waals surface area contributed by atoms with Crippen LogP contribution in [0.25, 0.3) is 0 Å². The van der Waals surface area contributed by atoms with Gasteiger partial charge in [0.1, 0.15) is 6.04 Å². The molecule has 158 valence electrons. The average Bonchev–Trinajstić information content (AvgIpc) is 3.07. The van der Waals surface area contributed by atoms with Gasteiger partial charge in [-0.15, -0.1) is 0 Å². The SMILES string of the molecule is Cc1cc(Cl)c(C(=O)N[C@@H](CNC(=O)N[C@@H]2CCc3ccccc32)C(=O)O)c(Cl)c1. The van der Waals surface area contributed by atoms with E-state index in [1.807, 2.05) is 24.3 Å². The molecule has 3 rings (SSSR count). The molecular weight excluding hydrogens is 429 g/mol. The van der Waals surface area contributed by atoms with Crippen molar-refractivity contribution in [2.45, 2.75) is 31.8 Å². The van der Waals surface area contributed by atoms with E-state index in [9.17, 15) is 19.5 Å². The van der Waals surface area contributed by atoms with E-state index in [-0.39, 0.29) is 28.2 Å². The van der Waals surface area contributed by atoms with Gasteiger partial charge in [0.2, 0.25) is 0 Å². The minimum atomic E-state index is -1.35. The highest BCUT2D eigenvalue weighted by Crippen LogP contribution is 2.30. The molecule has 3 amide bonds. The molecule has 0 bridgehead atoms. The molecule has 2 atom stereocenters. The summed E-state index contributed by atoms with van der Waals surface area (Å²) < 4.78 is 0. The van der Waals surface area contributed by atoms with E-state index in [1.165, 1.54) is 5.56 Å². The lowest BCUT2D eigenvalue weighted by molar-refractivity contribution is -0.139. The van der Waals surface area contributed by atoms with E-state index in [2.05, 4.69) is 16.0 Å². The molecule has 7 nitrogen and oxygen atoms in total. The van der Waals surface area contributed by atoms with Crippen molar-refractivity contribution in [3.05, 3.63) is 68.7 Å². The number of rotatable bonds is 6. The van der Waals surface area contributed by atoms with E-state index in [0.29, 0.717) is 0 Å². The number of aryl methyl sites for hydroxylation is 2. The molecule has 0 aromatic heterocycles. The number of amides is 3. The van der Waals surface area contributed by atoms with Crippen molar-refractivity contribution in [1.82, 2.24) is 16.0 Å². The number of nitrogens with one attached hydrogen (secondary N) is 3. The number of hydrogen-bond donors (Lipinski definition) is 4. The molecule has 0 fully saturated rings. The van der Waals surface area contributed by atoms with E-state index >= 15 is 0 Å². The van der Waals surface area contributed by atoms with Crippen molar-refractivity contribution in [1.29, 1.82) is 0 Å². The van der Waals surface area contributed by atoms with Crippen LogP contribution in [0.15, 0.2) is 36.4 Å². The molecule has 0 aliphatic heterocycles. The Bertz CT molecular complexity index is 973. The average molecular weight is 450 g/mol. The maximum atomic E-state index is 12.5. The Hall–Kier alpha value is -2.77. The summed E-state index contributed by atoms with van der Waals surface area (Å²) in [5.74, 6) is -2.03. The fourth-order valence-corrected chi connectivity index (χ4v) is 4.23. The maximum absolute atomic E-state index is 12.5. The fourth-order valence-electron chi connectivity index (χ4n) is 3.46. The zero-order valence-electron chi connectivity index (χ0n) is 16.2. The molecule has 0 heterocycles. The van der Waals surface area contributed by atoms with Crippen LogP contribution in [-0.4, -0.2) is 35.6 Å². The van der Waals surface area contributed by atoms with Crippen LogP contribution in [-0.2, 0) is 11.2 Å². The van der Waals surface area contributed by atoms with Gasteiger partial charge in [-0.2, -0.15) is 0 Å². The number of carbonyl (C=O) groups excluding carboxylic acids is 2. The van der Waals surface area contributed by atoms with Crippen molar-refractivity contribution >= 4 is 41.1 Å². The minimum Gasteiger partial charge on any atom is -0.480 e. The van der Waals surface area contributed by atoms with Gasteiger partial charge in [-0.05, 0) is 48.6 Å². The van der Waals surface area contributed by atoms with Crippen LogP contribution in [0.5, 0.6) is 0 Å². The second-order valence-corrected chi connectivity index (χ2v) is 7.93. The summed E-state index contributed by atoms with van der Waals surface area (Å²) in [6, 6.07) is 8.96. The van der Waals surface area contributed by atoms with E-state index in [0.717, 1.165) is 24.0 Å². The van der Waals surface area contributed by atoms with Crippen molar-refractivity contribution in [2.24, 2.45) is 0 Å². The molecular formula is C21H21Cl2N3O4. The molecule has 30 heavy (non-hydrogen) atoms. The molecule has 1 aliphatic carbocycles. The molecule has 9 heteroatoms. The van der Waals surface area contributed by atoms with Crippen LogP contribution in [0.4, 0.5) is 4.79 Å². The van der Waals surface area contributed by atoms with Gasteiger partial charge < -0.3 is 21.1 Å². The molecule has 4 N–H and O–H groups in total. The summed E-state index contributed by atoms with van der Waals surface area (Å²) in [7, 11) is 0. The fraction of sp³-hybridized carbons (Fsp3) is 0.286. The first kappa shape index (κ1) is 21.9. The first-order valence-electron chi connectivity index (χ1n) is 9.37. The minimum absolute atomic E-state index is 0.0119. The number of benzene rings is 2. The standard InChI is InChI=1S/C21H21Cl2N3O4/c1-11-8-14(22)18(15(23)9-11)19(27)25-17(20(28)29)10-24-21(30)26-16-7-6-12-4-2-3-5-13(12)16/h2-5,8-9,16-17H,6-7,10H2,1H3,(H,25,27)(H,28,29)(H2,24,26,30)/t16-,17+/m1/s1. The molecule has 0 unspecified atom stereocenters. The van der Waals surface area contributed by atoms with Gasteiger partial charge in [-0.3, -0.25) is 4.79 Å². The largest absolute Gasteiger partial charge is 0.480 e. The summed E-state index contributed by atoms with van der Waals surface area (Å²) in [5, 5.41) is 17.4. The van der Waals surface area contributed by atoms with Crippen LogP contribution >= 0.6 is 23.2 Å². The van der Waals surface area contributed by atoms with Gasteiger partial charge in [0.25, 0.3) is 5.91 Å². The number of aliphatic carboxylic acids is 1. The Labute approximate surface area is 183 Å². The van der Waals surface area contributed by atoms with Crippen LogP contribution in [0.3, 0.4) is 0 Å². The Balaban J connectivity index is 1.59. The molecule has 2 aromatic rings. The third-order valence-corrected chi connectivity index (χ3v) is 5.52. The van der Waals surface area contributed by atoms with Gasteiger partial charge in [-0.1, -0.05) is 47.5 Å². The number of carboxylic acids is 1. The van der Waals surface area contributed by atoms with Crippen molar-refractivity contribution in [3.8, 4) is 0 Å². The number of hydrogen-bond acceptors (Lipinski definition) is 3. The van der Waals surface area contributed by atoms with E-state index in [1.54, 1.807) is 19.1 Å². The predicted molar refractivity (Wildman–Crippen MR) is 114 cm³/mol. The molecule has 0 radical (unpaired) electrons. The molecule has 0 spiro atoms. The molecule has 1 aliphatic rings. The smallest absolute Gasteiger partial charge is 0.328 e.